The van der Waals surface area contributed by atoms with Crippen LogP contribution in [-0.4, -0.2) is 9.13 Å². The molecule has 0 fully saturated rings. The number of rotatable bonds is 5. The van der Waals surface area contributed by atoms with Gasteiger partial charge in [0, 0.05) is 27.1 Å². The lowest BCUT2D eigenvalue weighted by Gasteiger charge is -2.19. The molecule has 0 atom stereocenters. The summed E-state index contributed by atoms with van der Waals surface area (Å²) in [6.07, 6.45) is 0. The number of aryl methyl sites for hydroxylation is 6. The van der Waals surface area contributed by atoms with Gasteiger partial charge < -0.3 is 9.13 Å². The lowest BCUT2D eigenvalue weighted by Crippen LogP contribution is -2.04. The van der Waals surface area contributed by atoms with Crippen molar-refractivity contribution in [1.29, 1.82) is 10.5 Å². The fourth-order valence-electron chi connectivity index (χ4n) is 10.1. The van der Waals surface area contributed by atoms with Crippen molar-refractivity contribution in [3.8, 4) is 56.9 Å². The van der Waals surface area contributed by atoms with Gasteiger partial charge in [0.2, 0.25) is 0 Å². The number of hydrogen-bond acceptors (Lipinski definition) is 2. The largest absolute Gasteiger partial charge is 0.309 e. The number of hydrogen-bond donors (Lipinski definition) is 0. The smallest absolute Gasteiger partial charge is 0.101 e. The van der Waals surface area contributed by atoms with E-state index in [-0.39, 0.29) is 0 Å². The quantitative estimate of drug-likeness (QED) is 0.175. The second-order valence-corrected chi connectivity index (χ2v) is 16.4. The molecular weight excluding hydrogens is 729 g/mol. The van der Waals surface area contributed by atoms with Crippen LogP contribution in [0.5, 0.6) is 0 Å². The standard InChI is InChI=1S/C56H42N4/c1-33-22-35(3)55(36(4)23-33)41-18-20-46-44-14-7-9-16-49(44)59(52(46)27-41)51-30-48(40-13-11-12-39(26-40)31-57)54(29-43(51)32-58)60-50-17-10-8-15-45(50)47-21-19-42(28-53(47)60)56-37(5)24-34(2)25-38(56)6/h7-30H,1-6H3. The minimum Gasteiger partial charge on any atom is -0.309 e. The lowest BCUT2D eigenvalue weighted by atomic mass is 9.93. The fourth-order valence-corrected chi connectivity index (χ4v) is 10.1. The molecule has 0 radical (unpaired) electrons. The zero-order chi connectivity index (χ0) is 41.4. The summed E-state index contributed by atoms with van der Waals surface area (Å²) in [7, 11) is 0. The molecule has 0 spiro atoms. The normalized spacial score (nSPS) is 11.5. The highest BCUT2D eigenvalue weighted by atomic mass is 15.0. The van der Waals surface area contributed by atoms with E-state index >= 15 is 0 Å². The molecule has 0 unspecified atom stereocenters. The summed E-state index contributed by atoms with van der Waals surface area (Å²) in [5.74, 6) is 0. The average molecular weight is 771 g/mol. The average Bonchev–Trinajstić information content (AvgIpc) is 3.74. The van der Waals surface area contributed by atoms with Crippen molar-refractivity contribution in [1.82, 2.24) is 9.13 Å². The highest BCUT2D eigenvalue weighted by Gasteiger charge is 2.23. The van der Waals surface area contributed by atoms with Gasteiger partial charge in [-0.15, -0.1) is 0 Å². The van der Waals surface area contributed by atoms with Crippen LogP contribution in [-0.2, 0) is 0 Å². The summed E-state index contributed by atoms with van der Waals surface area (Å²) in [5.41, 5.74) is 20.9. The van der Waals surface area contributed by atoms with Gasteiger partial charge in [0.1, 0.15) is 6.07 Å². The van der Waals surface area contributed by atoms with E-state index < -0.39 is 0 Å². The molecule has 0 saturated carbocycles. The van der Waals surface area contributed by atoms with Crippen LogP contribution >= 0.6 is 0 Å². The van der Waals surface area contributed by atoms with Gasteiger partial charge in [-0.25, -0.2) is 0 Å². The summed E-state index contributed by atoms with van der Waals surface area (Å²) in [5, 5.41) is 25.9. The second kappa shape index (κ2) is 14.0. The van der Waals surface area contributed by atoms with Crippen LogP contribution in [0, 0.1) is 64.2 Å². The van der Waals surface area contributed by atoms with E-state index in [1.807, 2.05) is 18.2 Å². The summed E-state index contributed by atoms with van der Waals surface area (Å²) in [6, 6.07) is 56.6. The van der Waals surface area contributed by atoms with Crippen LogP contribution in [0.4, 0.5) is 0 Å². The second-order valence-electron chi connectivity index (χ2n) is 16.4. The van der Waals surface area contributed by atoms with E-state index in [9.17, 15) is 10.5 Å². The SMILES string of the molecule is Cc1cc(C)c(-c2ccc3c4ccccc4n(-c4cc(-c5cccc(C#N)c5)c(-n5c6ccccc6c6ccc(-c7c(C)cc(C)cc7C)cc65)cc4C#N)c3c2)c(C)c1. The Kier molecular flexibility index (Phi) is 8.57. The molecule has 0 bridgehead atoms. The Morgan fingerprint density at radius 3 is 1.37 bits per heavy atom. The zero-order valence-electron chi connectivity index (χ0n) is 34.6. The van der Waals surface area contributed by atoms with Gasteiger partial charge in [-0.1, -0.05) is 108 Å². The molecule has 0 aliphatic carbocycles. The Hall–Kier alpha value is -7.66. The van der Waals surface area contributed by atoms with Crippen molar-refractivity contribution in [3.63, 3.8) is 0 Å². The minimum atomic E-state index is 0.549. The summed E-state index contributed by atoms with van der Waals surface area (Å²) in [6.45, 7) is 13.0. The summed E-state index contributed by atoms with van der Waals surface area (Å²) in [4.78, 5) is 0. The van der Waals surface area contributed by atoms with E-state index in [1.54, 1.807) is 0 Å². The predicted octanol–water partition coefficient (Wildman–Crippen LogP) is 14.5. The topological polar surface area (TPSA) is 57.4 Å². The molecule has 10 rings (SSSR count). The van der Waals surface area contributed by atoms with Crippen molar-refractivity contribution < 1.29 is 0 Å². The highest BCUT2D eigenvalue weighted by Crippen LogP contribution is 2.43. The molecule has 4 nitrogen and oxygen atoms in total. The molecule has 10 aromatic rings. The molecule has 8 aromatic carbocycles. The van der Waals surface area contributed by atoms with E-state index in [0.717, 1.165) is 77.2 Å². The molecule has 0 aliphatic rings. The third kappa shape index (κ3) is 5.72. The van der Waals surface area contributed by atoms with Crippen molar-refractivity contribution >= 4 is 43.6 Å². The van der Waals surface area contributed by atoms with Gasteiger partial charge in [-0.3, -0.25) is 0 Å². The third-order valence-electron chi connectivity index (χ3n) is 12.3. The van der Waals surface area contributed by atoms with Crippen molar-refractivity contribution in [2.24, 2.45) is 0 Å². The molecule has 0 saturated heterocycles. The first-order chi connectivity index (χ1) is 29.1. The first kappa shape index (κ1) is 36.7. The molecule has 2 heterocycles. The van der Waals surface area contributed by atoms with E-state index in [4.69, 9.17) is 0 Å². The van der Waals surface area contributed by atoms with E-state index in [1.165, 1.54) is 44.5 Å². The monoisotopic (exact) mass is 770 g/mol. The van der Waals surface area contributed by atoms with E-state index in [2.05, 4.69) is 190 Å². The predicted molar refractivity (Wildman–Crippen MR) is 249 cm³/mol. The maximum Gasteiger partial charge on any atom is 0.101 e. The summed E-state index contributed by atoms with van der Waals surface area (Å²) < 4.78 is 4.58. The fraction of sp³-hybridized carbons (Fsp3) is 0.107. The number of benzene rings is 8. The lowest BCUT2D eigenvalue weighted by molar-refractivity contribution is 1.14. The van der Waals surface area contributed by atoms with Gasteiger partial charge in [-0.05, 0) is 140 Å². The van der Waals surface area contributed by atoms with Crippen LogP contribution in [0.15, 0.2) is 146 Å². The van der Waals surface area contributed by atoms with Gasteiger partial charge in [0.25, 0.3) is 0 Å². The molecule has 286 valence electrons. The Bertz CT molecular complexity index is 3480. The Morgan fingerprint density at radius 2 is 0.867 bits per heavy atom. The van der Waals surface area contributed by atoms with Crippen LogP contribution in [0.2, 0.25) is 0 Å². The van der Waals surface area contributed by atoms with E-state index in [0.29, 0.717) is 11.1 Å². The molecule has 60 heavy (non-hydrogen) atoms. The Labute approximate surface area is 350 Å². The van der Waals surface area contributed by atoms with Crippen molar-refractivity contribution in [2.45, 2.75) is 41.5 Å². The van der Waals surface area contributed by atoms with Crippen LogP contribution in [0.1, 0.15) is 44.5 Å². The number of fused-ring (bicyclic) bond motifs is 6. The molecule has 0 aliphatic heterocycles. The first-order valence-corrected chi connectivity index (χ1v) is 20.5. The first-order valence-electron chi connectivity index (χ1n) is 20.5. The molecule has 0 N–H and O–H groups in total. The summed E-state index contributed by atoms with van der Waals surface area (Å²) >= 11 is 0. The highest BCUT2D eigenvalue weighted by molar-refractivity contribution is 6.12. The molecule has 4 heteroatoms. The Morgan fingerprint density at radius 1 is 0.383 bits per heavy atom. The third-order valence-corrected chi connectivity index (χ3v) is 12.3. The maximum atomic E-state index is 11.2. The van der Waals surface area contributed by atoms with Gasteiger partial charge in [0.05, 0.1) is 50.6 Å². The van der Waals surface area contributed by atoms with Gasteiger partial charge in [-0.2, -0.15) is 10.5 Å². The zero-order valence-corrected chi connectivity index (χ0v) is 34.6. The van der Waals surface area contributed by atoms with Gasteiger partial charge in [0.15, 0.2) is 0 Å². The number of nitriles is 2. The Balaban J connectivity index is 1.31. The molecular formula is C56H42N4. The molecule has 2 aromatic heterocycles. The number of nitrogens with zero attached hydrogens (tertiary/aromatic N) is 4. The van der Waals surface area contributed by atoms with Crippen LogP contribution in [0.25, 0.3) is 88.4 Å². The number of para-hydroxylation sites is 2. The van der Waals surface area contributed by atoms with Crippen molar-refractivity contribution in [2.75, 3.05) is 0 Å². The minimum absolute atomic E-state index is 0.549. The number of aromatic nitrogens is 2. The maximum absolute atomic E-state index is 11.2. The van der Waals surface area contributed by atoms with Crippen molar-refractivity contribution in [3.05, 3.63) is 190 Å². The van der Waals surface area contributed by atoms with Gasteiger partial charge >= 0.3 is 0 Å². The molecule has 0 amide bonds. The van der Waals surface area contributed by atoms with Crippen LogP contribution < -0.4 is 0 Å². The van der Waals surface area contributed by atoms with Crippen LogP contribution in [0.3, 0.4) is 0 Å².